The number of nitrogens with zero attached hydrogens (tertiary/aromatic N) is 2. The summed E-state index contributed by atoms with van der Waals surface area (Å²) in [6.45, 7) is 2.28. The lowest BCUT2D eigenvalue weighted by molar-refractivity contribution is -0.133. The van der Waals surface area contributed by atoms with Crippen LogP contribution in [0.3, 0.4) is 0 Å². The van der Waals surface area contributed by atoms with Gasteiger partial charge in [-0.2, -0.15) is 0 Å². The van der Waals surface area contributed by atoms with Gasteiger partial charge in [-0.1, -0.05) is 18.2 Å². The number of carbonyl (C=O) groups is 3. The van der Waals surface area contributed by atoms with Crippen LogP contribution >= 0.6 is 0 Å². The Morgan fingerprint density at radius 3 is 2.74 bits per heavy atom. The van der Waals surface area contributed by atoms with E-state index < -0.39 is 11.6 Å². The number of imide groups is 1. The highest BCUT2D eigenvalue weighted by molar-refractivity contribution is 6.07. The first-order chi connectivity index (χ1) is 13.1. The molecule has 1 aliphatic carbocycles. The molecule has 1 aromatic rings. The molecular weight excluding hydrogens is 344 g/mol. The van der Waals surface area contributed by atoms with Crippen LogP contribution in [0.2, 0.25) is 0 Å². The van der Waals surface area contributed by atoms with Gasteiger partial charge in [-0.25, -0.2) is 4.79 Å². The molecule has 0 radical (unpaired) electrons. The molecule has 0 unspecified atom stereocenters. The monoisotopic (exact) mass is 368 g/mol. The Hall–Kier alpha value is -2.57. The Labute approximate surface area is 158 Å². The van der Waals surface area contributed by atoms with Crippen molar-refractivity contribution in [1.82, 2.24) is 15.5 Å². The molecule has 3 aliphatic heterocycles. The van der Waals surface area contributed by atoms with Gasteiger partial charge in [-0.3, -0.25) is 14.9 Å². The predicted octanol–water partition coefficient (Wildman–Crippen LogP) is 1.03. The number of hydrogen-bond donors (Lipinski definition) is 2. The van der Waals surface area contributed by atoms with Crippen molar-refractivity contribution in [3.05, 3.63) is 29.8 Å². The Bertz CT molecular complexity index is 821. The molecule has 2 saturated heterocycles. The van der Waals surface area contributed by atoms with Crippen molar-refractivity contribution in [2.24, 2.45) is 5.92 Å². The first kappa shape index (κ1) is 16.6. The van der Waals surface area contributed by atoms with Gasteiger partial charge in [0.1, 0.15) is 5.54 Å². The number of para-hydroxylation sites is 1. The van der Waals surface area contributed by atoms with E-state index >= 15 is 0 Å². The minimum absolute atomic E-state index is 0.0829. The lowest BCUT2D eigenvalue weighted by atomic mass is 9.87. The van der Waals surface area contributed by atoms with Gasteiger partial charge in [-0.05, 0) is 43.2 Å². The normalized spacial score (nSPS) is 29.3. The largest absolute Gasteiger partial charge is 0.364 e. The molecule has 4 amide bonds. The zero-order valence-corrected chi connectivity index (χ0v) is 15.2. The first-order valence-electron chi connectivity index (χ1n) is 9.83. The third kappa shape index (κ3) is 2.67. The number of amides is 4. The van der Waals surface area contributed by atoms with Crippen molar-refractivity contribution in [1.29, 1.82) is 0 Å². The molecule has 5 rings (SSSR count). The molecule has 1 aromatic carbocycles. The van der Waals surface area contributed by atoms with Crippen LogP contribution in [0.5, 0.6) is 0 Å². The van der Waals surface area contributed by atoms with Gasteiger partial charge in [0.25, 0.3) is 5.91 Å². The van der Waals surface area contributed by atoms with E-state index in [2.05, 4.69) is 39.8 Å². The Kier molecular flexibility index (Phi) is 3.67. The minimum atomic E-state index is -0.877. The van der Waals surface area contributed by atoms with Crippen LogP contribution in [-0.2, 0) is 16.0 Å². The molecule has 7 heteroatoms. The van der Waals surface area contributed by atoms with Crippen LogP contribution in [0.1, 0.15) is 31.2 Å². The zero-order valence-electron chi connectivity index (χ0n) is 15.2. The van der Waals surface area contributed by atoms with Crippen molar-refractivity contribution in [2.75, 3.05) is 24.5 Å². The average Bonchev–Trinajstić information content (AvgIpc) is 3.39. The van der Waals surface area contributed by atoms with Crippen molar-refractivity contribution < 1.29 is 14.4 Å². The molecule has 3 heterocycles. The molecule has 2 atom stereocenters. The van der Waals surface area contributed by atoms with Crippen molar-refractivity contribution in [2.45, 2.75) is 43.7 Å². The Balaban J connectivity index is 1.23. The third-order valence-electron chi connectivity index (χ3n) is 6.57. The minimum Gasteiger partial charge on any atom is -0.364 e. The summed E-state index contributed by atoms with van der Waals surface area (Å²) in [7, 11) is 0. The van der Waals surface area contributed by atoms with Gasteiger partial charge in [0.2, 0.25) is 5.91 Å². The average molecular weight is 368 g/mol. The highest BCUT2D eigenvalue weighted by Crippen LogP contribution is 2.44. The number of hydrogen-bond acceptors (Lipinski definition) is 4. The number of carbonyl (C=O) groups excluding carboxylic acids is 3. The number of anilines is 1. The summed E-state index contributed by atoms with van der Waals surface area (Å²) < 4.78 is 0. The zero-order chi connectivity index (χ0) is 18.6. The van der Waals surface area contributed by atoms with E-state index in [1.807, 2.05) is 4.90 Å². The highest BCUT2D eigenvalue weighted by Gasteiger charge is 2.55. The van der Waals surface area contributed by atoms with Crippen molar-refractivity contribution in [3.63, 3.8) is 0 Å². The maximum Gasteiger partial charge on any atom is 0.322 e. The number of piperazine rings is 1. The van der Waals surface area contributed by atoms with Gasteiger partial charge in [0.05, 0.1) is 6.04 Å². The summed E-state index contributed by atoms with van der Waals surface area (Å²) in [5.41, 5.74) is 1.78. The van der Waals surface area contributed by atoms with Gasteiger partial charge in [-0.15, -0.1) is 0 Å². The molecule has 0 bridgehead atoms. The van der Waals surface area contributed by atoms with Crippen LogP contribution in [0, 0.1) is 5.92 Å². The summed E-state index contributed by atoms with van der Waals surface area (Å²) in [6, 6.07) is 8.37. The molecular formula is C20H24N4O3. The second kappa shape index (κ2) is 5.97. The maximum atomic E-state index is 12.9. The second-order valence-corrected chi connectivity index (χ2v) is 8.17. The number of rotatable bonds is 4. The summed E-state index contributed by atoms with van der Waals surface area (Å²) in [5, 5.41) is 5.16. The van der Waals surface area contributed by atoms with E-state index in [-0.39, 0.29) is 17.7 Å². The lowest BCUT2D eigenvalue weighted by Gasteiger charge is -2.39. The Morgan fingerprint density at radius 1 is 1.19 bits per heavy atom. The summed E-state index contributed by atoms with van der Waals surface area (Å²) in [4.78, 5) is 41.2. The topological polar surface area (TPSA) is 81.8 Å². The number of benzene rings is 1. The Morgan fingerprint density at radius 2 is 2.00 bits per heavy atom. The van der Waals surface area contributed by atoms with Crippen LogP contribution in [0.15, 0.2) is 24.3 Å². The van der Waals surface area contributed by atoms with Crippen LogP contribution in [0.4, 0.5) is 10.5 Å². The van der Waals surface area contributed by atoms with Gasteiger partial charge in [0.15, 0.2) is 0 Å². The second-order valence-electron chi connectivity index (χ2n) is 8.17. The van der Waals surface area contributed by atoms with E-state index in [0.717, 1.165) is 32.4 Å². The fraction of sp³-hybridized carbons (Fsp3) is 0.550. The van der Waals surface area contributed by atoms with Crippen LogP contribution in [-0.4, -0.2) is 54.0 Å². The molecule has 4 aliphatic rings. The molecule has 2 N–H and O–H groups in total. The summed E-state index contributed by atoms with van der Waals surface area (Å²) in [6.07, 6.45) is 3.52. The van der Waals surface area contributed by atoms with E-state index in [9.17, 15) is 14.4 Å². The van der Waals surface area contributed by atoms with Gasteiger partial charge >= 0.3 is 6.03 Å². The molecule has 1 saturated carbocycles. The van der Waals surface area contributed by atoms with E-state index in [0.29, 0.717) is 25.4 Å². The summed E-state index contributed by atoms with van der Waals surface area (Å²) >= 11 is 0. The van der Waals surface area contributed by atoms with E-state index in [1.54, 1.807) is 0 Å². The van der Waals surface area contributed by atoms with Crippen LogP contribution < -0.4 is 15.5 Å². The quantitative estimate of drug-likeness (QED) is 0.778. The third-order valence-corrected chi connectivity index (χ3v) is 6.57. The fourth-order valence-corrected chi connectivity index (χ4v) is 5.00. The SMILES string of the molecule is O=C1NC(=O)[C@](CCC(=O)N2CCN3c4ccccc4C[C@H]3C2)(C2CC2)N1. The summed E-state index contributed by atoms with van der Waals surface area (Å²) in [5.74, 6) is -0.0172. The lowest BCUT2D eigenvalue weighted by Crippen LogP contribution is -2.54. The fourth-order valence-electron chi connectivity index (χ4n) is 5.00. The molecule has 0 aromatic heterocycles. The first-order valence-corrected chi connectivity index (χ1v) is 9.83. The number of nitrogens with one attached hydrogen (secondary N) is 2. The molecule has 3 fully saturated rings. The molecule has 7 nitrogen and oxygen atoms in total. The number of urea groups is 1. The molecule has 142 valence electrons. The van der Waals surface area contributed by atoms with Crippen molar-refractivity contribution >= 4 is 23.5 Å². The van der Waals surface area contributed by atoms with Gasteiger partial charge in [0, 0.05) is 31.7 Å². The highest BCUT2D eigenvalue weighted by atomic mass is 16.2. The number of fused-ring (bicyclic) bond motifs is 3. The molecule has 27 heavy (non-hydrogen) atoms. The van der Waals surface area contributed by atoms with Crippen molar-refractivity contribution in [3.8, 4) is 0 Å². The predicted molar refractivity (Wildman–Crippen MR) is 99.2 cm³/mol. The van der Waals surface area contributed by atoms with E-state index in [1.165, 1.54) is 11.3 Å². The maximum absolute atomic E-state index is 12.9. The van der Waals surface area contributed by atoms with Gasteiger partial charge < -0.3 is 15.1 Å². The smallest absolute Gasteiger partial charge is 0.322 e. The van der Waals surface area contributed by atoms with Crippen LogP contribution in [0.25, 0.3) is 0 Å². The molecule has 0 spiro atoms. The standard InChI is InChI=1S/C20H24N4O3/c25-17(7-8-20(14-5-6-14)18(26)21-19(27)22-20)23-9-10-24-15(12-23)11-13-3-1-2-4-16(13)24/h1-4,14-15H,5-12H2,(H2,21,22,26,27)/t15-,20-/m0/s1. The van der Waals surface area contributed by atoms with E-state index in [4.69, 9.17) is 0 Å².